The molecule has 18 heavy (non-hydrogen) atoms. The molecule has 0 amide bonds. The van der Waals surface area contributed by atoms with Gasteiger partial charge in [0.1, 0.15) is 11.9 Å². The number of hydrogen-bond acceptors (Lipinski definition) is 3. The average Bonchev–Trinajstić information content (AvgIpc) is 2.97. The van der Waals surface area contributed by atoms with E-state index in [4.69, 9.17) is 9.15 Å². The number of ether oxygens (including phenoxy) is 1. The zero-order valence-electron chi connectivity index (χ0n) is 9.93. The van der Waals surface area contributed by atoms with Crippen molar-refractivity contribution in [1.82, 2.24) is 0 Å². The highest BCUT2D eigenvalue weighted by molar-refractivity contribution is 5.78. The lowest BCUT2D eigenvalue weighted by Gasteiger charge is -2.11. The monoisotopic (exact) mass is 250 g/mol. The molecule has 2 heterocycles. The van der Waals surface area contributed by atoms with Gasteiger partial charge in [-0.3, -0.25) is 0 Å². The second-order valence-corrected chi connectivity index (χ2v) is 4.79. The number of rotatable bonds is 3. The van der Waals surface area contributed by atoms with Crippen molar-refractivity contribution in [2.24, 2.45) is 5.92 Å². The molecule has 4 heteroatoms. The maximum Gasteiger partial charge on any atom is 0.170 e. The lowest BCUT2D eigenvalue weighted by atomic mass is 9.99. The van der Waals surface area contributed by atoms with Crippen molar-refractivity contribution < 1.29 is 18.7 Å². The van der Waals surface area contributed by atoms with Crippen LogP contribution < -0.4 is 0 Å². The maximum absolute atomic E-state index is 13.5. The summed E-state index contributed by atoms with van der Waals surface area (Å²) in [6, 6.07) is 6.47. The quantitative estimate of drug-likeness (QED) is 0.910. The highest BCUT2D eigenvalue weighted by Crippen LogP contribution is 2.31. The second-order valence-electron chi connectivity index (χ2n) is 4.79. The first-order chi connectivity index (χ1) is 8.74. The fraction of sp³-hybridized carbons (Fsp3) is 0.429. The summed E-state index contributed by atoms with van der Waals surface area (Å²) in [7, 11) is 0. The van der Waals surface area contributed by atoms with Crippen molar-refractivity contribution in [1.29, 1.82) is 0 Å². The van der Waals surface area contributed by atoms with Crippen LogP contribution in [0.3, 0.4) is 0 Å². The molecule has 0 bridgehead atoms. The fourth-order valence-electron chi connectivity index (χ4n) is 2.41. The van der Waals surface area contributed by atoms with Crippen LogP contribution in [0, 0.1) is 11.7 Å². The minimum absolute atomic E-state index is 0.217. The van der Waals surface area contributed by atoms with E-state index in [9.17, 15) is 9.50 Å². The Balaban J connectivity index is 1.82. The highest BCUT2D eigenvalue weighted by atomic mass is 19.1. The predicted octanol–water partition coefficient (Wildman–Crippen LogP) is 3.03. The number of aliphatic hydroxyl groups excluding tert-OH is 1. The zero-order valence-corrected chi connectivity index (χ0v) is 9.93. The first-order valence-corrected chi connectivity index (χ1v) is 6.18. The van der Waals surface area contributed by atoms with Crippen LogP contribution in [-0.4, -0.2) is 18.3 Å². The molecule has 1 aliphatic heterocycles. The number of hydrogen-bond donors (Lipinski definition) is 1. The minimum atomic E-state index is -0.691. The summed E-state index contributed by atoms with van der Waals surface area (Å²) in [5, 5.41) is 10.8. The Morgan fingerprint density at radius 2 is 2.33 bits per heavy atom. The summed E-state index contributed by atoms with van der Waals surface area (Å²) in [5.41, 5.74) is 0.217. The highest BCUT2D eigenvalue weighted by Gasteiger charge is 2.23. The summed E-state index contributed by atoms with van der Waals surface area (Å²) in [4.78, 5) is 0. The smallest absolute Gasteiger partial charge is 0.170 e. The molecule has 1 aliphatic rings. The summed E-state index contributed by atoms with van der Waals surface area (Å²) in [6.45, 7) is 1.44. The molecule has 0 spiro atoms. The molecule has 1 saturated heterocycles. The molecule has 1 N–H and O–H groups in total. The summed E-state index contributed by atoms with van der Waals surface area (Å²) in [5.74, 6) is 0.398. The molecule has 1 fully saturated rings. The van der Waals surface area contributed by atoms with Crippen molar-refractivity contribution in [2.45, 2.75) is 18.9 Å². The van der Waals surface area contributed by atoms with Crippen molar-refractivity contribution >= 4 is 11.0 Å². The standard InChI is InChI=1S/C14H15FO3/c15-11-3-1-2-10-7-13(18-14(10)11)12(16)6-9-4-5-17-8-9/h1-3,7,9,12,16H,4-6,8H2. The number of furan rings is 1. The van der Waals surface area contributed by atoms with E-state index in [-0.39, 0.29) is 5.58 Å². The third-order valence-electron chi connectivity index (χ3n) is 3.42. The molecule has 0 saturated carbocycles. The lowest BCUT2D eigenvalue weighted by Crippen LogP contribution is -2.06. The van der Waals surface area contributed by atoms with Gasteiger partial charge in [-0.25, -0.2) is 4.39 Å². The van der Waals surface area contributed by atoms with Gasteiger partial charge in [0.2, 0.25) is 0 Å². The van der Waals surface area contributed by atoms with Gasteiger partial charge >= 0.3 is 0 Å². The maximum atomic E-state index is 13.5. The Hall–Kier alpha value is -1.39. The molecular weight excluding hydrogens is 235 g/mol. The fourth-order valence-corrected chi connectivity index (χ4v) is 2.41. The third kappa shape index (κ3) is 2.13. The number of aliphatic hydroxyl groups is 1. The van der Waals surface area contributed by atoms with Crippen LogP contribution in [0.25, 0.3) is 11.0 Å². The van der Waals surface area contributed by atoms with Gasteiger partial charge in [-0.05, 0) is 30.9 Å². The number of halogens is 1. The van der Waals surface area contributed by atoms with E-state index in [1.54, 1.807) is 18.2 Å². The summed E-state index contributed by atoms with van der Waals surface area (Å²) < 4.78 is 24.1. The molecule has 2 atom stereocenters. The Kier molecular flexibility index (Phi) is 3.06. The van der Waals surface area contributed by atoms with E-state index >= 15 is 0 Å². The van der Waals surface area contributed by atoms with Gasteiger partial charge in [-0.2, -0.15) is 0 Å². The molecule has 2 unspecified atom stereocenters. The number of para-hydroxylation sites is 1. The van der Waals surface area contributed by atoms with Gasteiger partial charge in [-0.1, -0.05) is 12.1 Å². The Labute approximate surface area is 104 Å². The Morgan fingerprint density at radius 3 is 3.06 bits per heavy atom. The van der Waals surface area contributed by atoms with E-state index < -0.39 is 11.9 Å². The normalized spacial score (nSPS) is 21.6. The summed E-state index contributed by atoms with van der Waals surface area (Å²) in [6.07, 6.45) is 0.871. The van der Waals surface area contributed by atoms with Gasteiger partial charge in [-0.15, -0.1) is 0 Å². The van der Waals surface area contributed by atoms with Crippen LogP contribution in [0.2, 0.25) is 0 Å². The zero-order chi connectivity index (χ0) is 12.5. The van der Waals surface area contributed by atoms with Crippen LogP contribution in [0.5, 0.6) is 0 Å². The van der Waals surface area contributed by atoms with Gasteiger partial charge in [0, 0.05) is 18.6 Å². The number of fused-ring (bicyclic) bond motifs is 1. The molecule has 1 aromatic carbocycles. The Bertz CT molecular complexity index is 543. The Morgan fingerprint density at radius 1 is 1.44 bits per heavy atom. The molecule has 1 aromatic heterocycles. The molecule has 0 aliphatic carbocycles. The molecule has 3 rings (SSSR count). The van der Waals surface area contributed by atoms with Crippen molar-refractivity contribution in [2.75, 3.05) is 13.2 Å². The largest absolute Gasteiger partial charge is 0.455 e. The third-order valence-corrected chi connectivity index (χ3v) is 3.42. The van der Waals surface area contributed by atoms with Crippen molar-refractivity contribution in [3.8, 4) is 0 Å². The molecule has 96 valence electrons. The predicted molar refractivity (Wildman–Crippen MR) is 64.7 cm³/mol. The van der Waals surface area contributed by atoms with E-state index in [2.05, 4.69) is 0 Å². The van der Waals surface area contributed by atoms with Crippen LogP contribution in [0.15, 0.2) is 28.7 Å². The van der Waals surface area contributed by atoms with Gasteiger partial charge in [0.05, 0.1) is 0 Å². The molecular formula is C14H15FO3. The minimum Gasteiger partial charge on any atom is -0.455 e. The van der Waals surface area contributed by atoms with Gasteiger partial charge in [0.25, 0.3) is 0 Å². The first-order valence-electron chi connectivity index (χ1n) is 6.18. The lowest BCUT2D eigenvalue weighted by molar-refractivity contribution is 0.112. The average molecular weight is 250 g/mol. The number of benzene rings is 1. The van der Waals surface area contributed by atoms with Gasteiger partial charge in [0.15, 0.2) is 11.4 Å². The van der Waals surface area contributed by atoms with Crippen molar-refractivity contribution in [3.05, 3.63) is 35.8 Å². The topological polar surface area (TPSA) is 42.6 Å². The molecule has 2 aromatic rings. The van der Waals surface area contributed by atoms with E-state index in [0.717, 1.165) is 13.0 Å². The van der Waals surface area contributed by atoms with E-state index in [0.29, 0.717) is 30.1 Å². The van der Waals surface area contributed by atoms with Crippen molar-refractivity contribution in [3.63, 3.8) is 0 Å². The van der Waals surface area contributed by atoms with Crippen LogP contribution in [-0.2, 0) is 4.74 Å². The summed E-state index contributed by atoms with van der Waals surface area (Å²) >= 11 is 0. The van der Waals surface area contributed by atoms with Crippen LogP contribution in [0.4, 0.5) is 4.39 Å². The van der Waals surface area contributed by atoms with E-state index in [1.165, 1.54) is 6.07 Å². The molecule has 3 nitrogen and oxygen atoms in total. The van der Waals surface area contributed by atoms with Crippen LogP contribution >= 0.6 is 0 Å². The van der Waals surface area contributed by atoms with E-state index in [1.807, 2.05) is 0 Å². The SMILES string of the molecule is OC(CC1CCOC1)c1cc2cccc(F)c2o1. The van der Waals surface area contributed by atoms with Gasteiger partial charge < -0.3 is 14.3 Å². The molecule has 0 radical (unpaired) electrons. The van der Waals surface area contributed by atoms with Crippen LogP contribution in [0.1, 0.15) is 24.7 Å². The first kappa shape index (κ1) is 11.7. The second kappa shape index (κ2) is 4.71.